The monoisotopic (exact) mass is 324 g/mol. The van der Waals surface area contributed by atoms with Crippen LogP contribution < -0.4 is 0 Å². The number of thiophene rings is 1. The normalized spacial score (nSPS) is 15.7. The van der Waals surface area contributed by atoms with Crippen molar-refractivity contribution >= 4 is 29.1 Å². The Balaban J connectivity index is 1.70. The van der Waals surface area contributed by atoms with Gasteiger partial charge in [-0.3, -0.25) is 0 Å². The van der Waals surface area contributed by atoms with Crippen LogP contribution in [0.5, 0.6) is 0 Å². The van der Waals surface area contributed by atoms with Crippen LogP contribution in [0.25, 0.3) is 0 Å². The van der Waals surface area contributed by atoms with Gasteiger partial charge in [0.05, 0.1) is 6.04 Å². The van der Waals surface area contributed by atoms with Crippen molar-refractivity contribution in [1.82, 2.24) is 20.2 Å². The van der Waals surface area contributed by atoms with Gasteiger partial charge in [-0.15, -0.1) is 16.4 Å². The maximum Gasteiger partial charge on any atom is 0.345 e. The lowest BCUT2D eigenvalue weighted by Gasteiger charge is -2.10. The Morgan fingerprint density at radius 2 is 2.29 bits per heavy atom. The van der Waals surface area contributed by atoms with E-state index >= 15 is 0 Å². The van der Waals surface area contributed by atoms with Gasteiger partial charge in [-0.1, -0.05) is 24.6 Å². The predicted molar refractivity (Wildman–Crippen MR) is 80.9 cm³/mol. The molecule has 1 aliphatic carbocycles. The van der Waals surface area contributed by atoms with Gasteiger partial charge in [0.1, 0.15) is 4.88 Å². The highest BCUT2D eigenvalue weighted by atomic mass is 32.2. The second-order valence-electron chi connectivity index (χ2n) is 5.13. The van der Waals surface area contributed by atoms with Crippen LogP contribution in [0.3, 0.4) is 0 Å². The van der Waals surface area contributed by atoms with E-state index in [-0.39, 0.29) is 0 Å². The second kappa shape index (κ2) is 6.15. The molecule has 0 bridgehead atoms. The molecule has 1 aliphatic rings. The minimum Gasteiger partial charge on any atom is -0.477 e. The lowest BCUT2D eigenvalue weighted by Crippen LogP contribution is -2.08. The van der Waals surface area contributed by atoms with Crippen molar-refractivity contribution in [2.24, 2.45) is 0 Å². The Hall–Kier alpha value is -1.41. The number of nitrogens with zero attached hydrogens (tertiary/aromatic N) is 4. The first-order valence-corrected chi connectivity index (χ1v) is 8.68. The van der Waals surface area contributed by atoms with E-state index in [1.54, 1.807) is 17.8 Å². The van der Waals surface area contributed by atoms with Gasteiger partial charge in [0.2, 0.25) is 5.16 Å². The van der Waals surface area contributed by atoms with E-state index in [1.807, 2.05) is 11.6 Å². The van der Waals surface area contributed by atoms with E-state index in [0.717, 1.165) is 28.4 Å². The Kier molecular flexibility index (Phi) is 4.25. The molecule has 0 aliphatic heterocycles. The zero-order chi connectivity index (χ0) is 14.8. The van der Waals surface area contributed by atoms with Gasteiger partial charge in [-0.2, -0.15) is 0 Å². The molecule has 1 fully saturated rings. The zero-order valence-corrected chi connectivity index (χ0v) is 13.3. The van der Waals surface area contributed by atoms with E-state index in [0.29, 0.717) is 16.7 Å². The largest absolute Gasteiger partial charge is 0.477 e. The van der Waals surface area contributed by atoms with Crippen molar-refractivity contribution < 1.29 is 9.90 Å². The first-order chi connectivity index (χ1) is 10.1. The van der Waals surface area contributed by atoms with E-state index in [1.165, 1.54) is 24.2 Å². The van der Waals surface area contributed by atoms with Crippen LogP contribution in [0.4, 0.5) is 0 Å². The number of aromatic carboxylic acids is 1. The summed E-state index contributed by atoms with van der Waals surface area (Å²) in [6, 6.07) is 2.17. The third-order valence-electron chi connectivity index (χ3n) is 3.72. The van der Waals surface area contributed by atoms with Crippen LogP contribution in [0.15, 0.2) is 11.2 Å². The molecule has 8 heteroatoms. The van der Waals surface area contributed by atoms with Gasteiger partial charge in [-0.25, -0.2) is 9.48 Å². The Morgan fingerprint density at radius 3 is 2.95 bits per heavy atom. The summed E-state index contributed by atoms with van der Waals surface area (Å²) in [5.74, 6) is -0.168. The zero-order valence-electron chi connectivity index (χ0n) is 11.7. The first-order valence-electron chi connectivity index (χ1n) is 6.88. The lowest BCUT2D eigenvalue weighted by molar-refractivity contribution is 0.0702. The number of carbonyl (C=O) groups is 1. The number of carboxylic acid groups (broad SMARTS) is 1. The minimum absolute atomic E-state index is 0.387. The van der Waals surface area contributed by atoms with Crippen molar-refractivity contribution in [3.8, 4) is 0 Å². The molecule has 0 unspecified atom stereocenters. The Labute approximate surface area is 130 Å². The third-order valence-corrected chi connectivity index (χ3v) is 5.78. The van der Waals surface area contributed by atoms with Crippen molar-refractivity contribution in [2.75, 3.05) is 0 Å². The van der Waals surface area contributed by atoms with Crippen molar-refractivity contribution in [3.63, 3.8) is 0 Å². The van der Waals surface area contributed by atoms with Gasteiger partial charge in [0, 0.05) is 10.6 Å². The molecule has 21 heavy (non-hydrogen) atoms. The second-order valence-corrected chi connectivity index (χ2v) is 7.33. The number of hydrogen-bond donors (Lipinski definition) is 1. The molecule has 3 rings (SSSR count). The Morgan fingerprint density at radius 1 is 1.52 bits per heavy atom. The van der Waals surface area contributed by atoms with Gasteiger partial charge in [0.25, 0.3) is 0 Å². The number of aryl methyl sites for hydroxylation is 1. The molecule has 2 aromatic rings. The SMILES string of the molecule is Cc1sc(C(=O)O)cc1CSc1nnnn1C1CCCC1. The van der Waals surface area contributed by atoms with Gasteiger partial charge >= 0.3 is 5.97 Å². The van der Waals surface area contributed by atoms with Gasteiger partial charge in [0.15, 0.2) is 0 Å². The van der Waals surface area contributed by atoms with Crippen molar-refractivity contribution in [2.45, 2.75) is 49.6 Å². The number of carboxylic acids is 1. The van der Waals surface area contributed by atoms with Crippen LogP contribution in [-0.4, -0.2) is 31.3 Å². The summed E-state index contributed by atoms with van der Waals surface area (Å²) in [6.07, 6.45) is 4.75. The van der Waals surface area contributed by atoms with E-state index in [4.69, 9.17) is 5.11 Å². The number of thioether (sulfide) groups is 1. The summed E-state index contributed by atoms with van der Waals surface area (Å²) in [7, 11) is 0. The molecule has 2 heterocycles. The molecule has 112 valence electrons. The molecule has 2 aromatic heterocycles. The molecule has 0 atom stereocenters. The molecular formula is C13H16N4O2S2. The number of hydrogen-bond acceptors (Lipinski definition) is 6. The smallest absolute Gasteiger partial charge is 0.345 e. The molecule has 6 nitrogen and oxygen atoms in total. The average molecular weight is 324 g/mol. The van der Waals surface area contributed by atoms with Crippen LogP contribution in [0, 0.1) is 6.92 Å². The maximum atomic E-state index is 11.0. The fourth-order valence-corrected chi connectivity index (χ4v) is 4.54. The van der Waals surface area contributed by atoms with E-state index in [9.17, 15) is 4.79 Å². The summed E-state index contributed by atoms with van der Waals surface area (Å²) in [6.45, 7) is 1.95. The molecule has 0 radical (unpaired) electrons. The summed E-state index contributed by atoms with van der Waals surface area (Å²) >= 11 is 2.89. The van der Waals surface area contributed by atoms with Crippen molar-refractivity contribution in [3.05, 3.63) is 21.4 Å². The van der Waals surface area contributed by atoms with Crippen LogP contribution in [0.2, 0.25) is 0 Å². The molecule has 0 saturated heterocycles. The fraction of sp³-hybridized carbons (Fsp3) is 0.538. The molecule has 0 amide bonds. The lowest BCUT2D eigenvalue weighted by atomic mass is 10.3. The highest BCUT2D eigenvalue weighted by molar-refractivity contribution is 7.98. The number of aromatic nitrogens is 4. The molecular weight excluding hydrogens is 308 g/mol. The van der Waals surface area contributed by atoms with Crippen molar-refractivity contribution in [1.29, 1.82) is 0 Å². The molecule has 1 saturated carbocycles. The fourth-order valence-electron chi connectivity index (χ4n) is 2.57. The average Bonchev–Trinajstić information content (AvgIpc) is 3.16. The predicted octanol–water partition coefficient (Wildman–Crippen LogP) is 3.15. The van der Waals surface area contributed by atoms with Crippen LogP contribution >= 0.6 is 23.1 Å². The molecule has 0 spiro atoms. The summed E-state index contributed by atoms with van der Waals surface area (Å²) < 4.78 is 1.93. The summed E-state index contributed by atoms with van der Waals surface area (Å²) in [5.41, 5.74) is 1.04. The molecule has 1 N–H and O–H groups in total. The topological polar surface area (TPSA) is 80.9 Å². The molecule has 0 aromatic carbocycles. The minimum atomic E-state index is -0.866. The first kappa shape index (κ1) is 14.5. The summed E-state index contributed by atoms with van der Waals surface area (Å²) in [4.78, 5) is 12.4. The van der Waals surface area contributed by atoms with E-state index < -0.39 is 5.97 Å². The highest BCUT2D eigenvalue weighted by Crippen LogP contribution is 2.33. The summed E-state index contributed by atoms with van der Waals surface area (Å²) in [5, 5.41) is 21.8. The highest BCUT2D eigenvalue weighted by Gasteiger charge is 2.22. The van der Waals surface area contributed by atoms with Crippen LogP contribution in [0.1, 0.15) is 51.8 Å². The standard InChI is InChI=1S/C13H16N4O2S2/c1-8-9(6-11(21-8)12(18)19)7-20-13-14-15-16-17(13)10-4-2-3-5-10/h6,10H,2-5,7H2,1H3,(H,18,19). The Bertz CT molecular complexity index is 646. The maximum absolute atomic E-state index is 11.0. The third kappa shape index (κ3) is 3.11. The van der Waals surface area contributed by atoms with Gasteiger partial charge < -0.3 is 5.11 Å². The van der Waals surface area contributed by atoms with E-state index in [2.05, 4.69) is 15.5 Å². The number of tetrazole rings is 1. The van der Waals surface area contributed by atoms with Gasteiger partial charge in [-0.05, 0) is 41.8 Å². The quantitative estimate of drug-likeness (QED) is 0.851. The number of rotatable bonds is 5. The van der Waals surface area contributed by atoms with Crippen LogP contribution in [-0.2, 0) is 5.75 Å².